The number of benzene rings is 1. The molecule has 0 radical (unpaired) electrons. The topological polar surface area (TPSA) is 58.5 Å². The SMILES string of the molecule is COB=Nc1c(I)c(OCOC)c(OC)c(C)c1OC. The van der Waals surface area contributed by atoms with E-state index in [9.17, 15) is 0 Å². The molecule has 110 valence electrons. The van der Waals surface area contributed by atoms with Gasteiger partial charge in [0.25, 0.3) is 0 Å². The Bertz CT molecular complexity index is 495. The minimum absolute atomic E-state index is 0.117. The molecule has 0 aliphatic heterocycles. The molecular formula is C12H17BINO5. The van der Waals surface area contributed by atoms with Gasteiger partial charge in [-0.3, -0.25) is 0 Å². The molecule has 1 aromatic rings. The second-order valence-corrected chi connectivity index (χ2v) is 4.78. The predicted octanol–water partition coefficient (Wildman–Crippen LogP) is 2.68. The van der Waals surface area contributed by atoms with Crippen LogP contribution in [0.25, 0.3) is 0 Å². The molecule has 1 rings (SSSR count). The first kappa shape index (κ1) is 17.0. The van der Waals surface area contributed by atoms with Crippen LogP contribution in [0.2, 0.25) is 0 Å². The predicted molar refractivity (Wildman–Crippen MR) is 84.4 cm³/mol. The van der Waals surface area contributed by atoms with Crippen molar-refractivity contribution in [2.24, 2.45) is 4.90 Å². The number of rotatable bonds is 7. The average molecular weight is 393 g/mol. The summed E-state index contributed by atoms with van der Waals surface area (Å²) >= 11 is 2.13. The fourth-order valence-electron chi connectivity index (χ4n) is 1.72. The summed E-state index contributed by atoms with van der Waals surface area (Å²) in [6.45, 7) is 1.99. The van der Waals surface area contributed by atoms with E-state index in [1.165, 1.54) is 14.4 Å². The zero-order valence-corrected chi connectivity index (χ0v) is 14.3. The molecule has 0 aromatic heterocycles. The molecule has 0 unspecified atom stereocenters. The molecule has 0 heterocycles. The van der Waals surface area contributed by atoms with Crippen molar-refractivity contribution in [2.45, 2.75) is 6.92 Å². The third kappa shape index (κ3) is 3.54. The summed E-state index contributed by atoms with van der Waals surface area (Å²) in [6, 6.07) is 0. The molecule has 20 heavy (non-hydrogen) atoms. The zero-order valence-electron chi connectivity index (χ0n) is 12.2. The number of hydrogen-bond donors (Lipinski definition) is 0. The van der Waals surface area contributed by atoms with Crippen molar-refractivity contribution in [2.75, 3.05) is 35.2 Å². The van der Waals surface area contributed by atoms with Crippen molar-refractivity contribution in [1.29, 1.82) is 0 Å². The molecule has 0 N–H and O–H groups in total. The van der Waals surface area contributed by atoms with Crippen molar-refractivity contribution in [3.63, 3.8) is 0 Å². The normalized spacial score (nSPS) is 10.3. The van der Waals surface area contributed by atoms with E-state index < -0.39 is 0 Å². The van der Waals surface area contributed by atoms with Crippen molar-refractivity contribution >= 4 is 35.6 Å². The zero-order chi connectivity index (χ0) is 15.1. The summed E-state index contributed by atoms with van der Waals surface area (Å²) in [5.74, 6) is 1.78. The van der Waals surface area contributed by atoms with E-state index in [1.54, 1.807) is 21.3 Å². The van der Waals surface area contributed by atoms with E-state index in [4.69, 9.17) is 23.6 Å². The van der Waals surface area contributed by atoms with Crippen molar-refractivity contribution < 1.29 is 23.6 Å². The second kappa shape index (κ2) is 8.30. The molecule has 1 aromatic carbocycles. The Kier molecular flexibility index (Phi) is 7.07. The molecule has 0 bridgehead atoms. The maximum atomic E-state index is 5.58. The number of ether oxygens (including phenoxy) is 4. The molecule has 0 atom stereocenters. The Hall–Kier alpha value is -1.03. The Balaban J connectivity index is 3.49. The van der Waals surface area contributed by atoms with Crippen molar-refractivity contribution in [1.82, 2.24) is 0 Å². The van der Waals surface area contributed by atoms with Gasteiger partial charge in [0.15, 0.2) is 0 Å². The van der Waals surface area contributed by atoms with Crippen LogP contribution in [-0.2, 0) is 9.39 Å². The van der Waals surface area contributed by atoms with Gasteiger partial charge in [-0.05, 0) is 0 Å². The van der Waals surface area contributed by atoms with E-state index in [0.717, 1.165) is 9.13 Å². The van der Waals surface area contributed by atoms with Crippen LogP contribution in [-0.4, -0.2) is 42.5 Å². The van der Waals surface area contributed by atoms with Gasteiger partial charge in [0.1, 0.15) is 0 Å². The van der Waals surface area contributed by atoms with Crippen LogP contribution in [0.1, 0.15) is 5.56 Å². The van der Waals surface area contributed by atoms with Crippen molar-refractivity contribution in [3.05, 3.63) is 9.13 Å². The minimum atomic E-state index is 0.117. The summed E-state index contributed by atoms with van der Waals surface area (Å²) in [4.78, 5) is 4.24. The second-order valence-electron chi connectivity index (χ2n) is 3.70. The van der Waals surface area contributed by atoms with Crippen LogP contribution in [0.15, 0.2) is 4.90 Å². The van der Waals surface area contributed by atoms with Gasteiger partial charge in [-0.2, -0.15) is 0 Å². The molecular weight excluding hydrogens is 376 g/mol. The maximum absolute atomic E-state index is 5.58. The van der Waals surface area contributed by atoms with Gasteiger partial charge in [-0.15, -0.1) is 0 Å². The Morgan fingerprint density at radius 1 is 1.05 bits per heavy atom. The summed E-state index contributed by atoms with van der Waals surface area (Å²) in [7, 11) is 7.59. The standard InChI is InChI=1S/C12H17BINO5/c1-7-10(17-3)9(15-13-19-5)8(14)12(11(7)18-4)20-6-16-2/h6H2,1-5H3. The number of hydrogen-bond acceptors (Lipinski definition) is 6. The van der Waals surface area contributed by atoms with Gasteiger partial charge in [0.2, 0.25) is 0 Å². The summed E-state index contributed by atoms with van der Waals surface area (Å²) in [5.41, 5.74) is 1.42. The Morgan fingerprint density at radius 2 is 1.70 bits per heavy atom. The van der Waals surface area contributed by atoms with Gasteiger partial charge in [-0.1, -0.05) is 0 Å². The van der Waals surface area contributed by atoms with Gasteiger partial charge in [-0.25, -0.2) is 0 Å². The third-order valence-corrected chi connectivity index (χ3v) is 3.53. The van der Waals surface area contributed by atoms with Crippen LogP contribution < -0.4 is 14.2 Å². The molecule has 0 aliphatic rings. The fourth-order valence-corrected chi connectivity index (χ4v) is 2.51. The first-order chi connectivity index (χ1) is 9.62. The molecule has 0 saturated carbocycles. The van der Waals surface area contributed by atoms with E-state index in [2.05, 4.69) is 27.5 Å². The summed E-state index contributed by atoms with van der Waals surface area (Å²) < 4.78 is 27.0. The first-order valence-corrected chi connectivity index (χ1v) is 6.81. The van der Waals surface area contributed by atoms with Crippen LogP contribution in [0.3, 0.4) is 0 Å². The molecule has 0 amide bonds. The number of methoxy groups -OCH3 is 3. The molecule has 0 saturated heterocycles. The first-order valence-electron chi connectivity index (χ1n) is 5.73. The molecule has 6 nitrogen and oxygen atoms in total. The number of nitrogens with zero attached hydrogens (tertiary/aromatic N) is 1. The summed E-state index contributed by atoms with van der Waals surface area (Å²) in [5, 5.41) is 0. The van der Waals surface area contributed by atoms with Gasteiger partial charge in [0.05, 0.1) is 0 Å². The van der Waals surface area contributed by atoms with Crippen LogP contribution in [0.4, 0.5) is 5.69 Å². The van der Waals surface area contributed by atoms with Gasteiger partial charge >= 0.3 is 133 Å². The van der Waals surface area contributed by atoms with Gasteiger partial charge < -0.3 is 0 Å². The van der Waals surface area contributed by atoms with Gasteiger partial charge in [0, 0.05) is 0 Å². The third-order valence-electron chi connectivity index (χ3n) is 2.53. The van der Waals surface area contributed by atoms with Crippen LogP contribution in [0, 0.1) is 10.5 Å². The molecule has 0 aliphatic carbocycles. The van der Waals surface area contributed by atoms with E-state index in [0.29, 0.717) is 22.9 Å². The Morgan fingerprint density at radius 3 is 2.20 bits per heavy atom. The van der Waals surface area contributed by atoms with E-state index in [-0.39, 0.29) is 6.79 Å². The summed E-state index contributed by atoms with van der Waals surface area (Å²) in [6.07, 6.45) is 0. The quantitative estimate of drug-likeness (QED) is 0.405. The van der Waals surface area contributed by atoms with E-state index >= 15 is 0 Å². The molecule has 0 fully saturated rings. The van der Waals surface area contributed by atoms with Crippen LogP contribution >= 0.6 is 22.6 Å². The monoisotopic (exact) mass is 393 g/mol. The van der Waals surface area contributed by atoms with Crippen molar-refractivity contribution in [3.8, 4) is 17.2 Å². The molecule has 0 spiro atoms. The fraction of sp³-hybridized carbons (Fsp3) is 0.500. The van der Waals surface area contributed by atoms with E-state index in [1.807, 2.05) is 6.92 Å². The average Bonchev–Trinajstić information content (AvgIpc) is 2.45. The van der Waals surface area contributed by atoms with Crippen LogP contribution in [0.5, 0.6) is 17.2 Å². The Labute approximate surface area is 132 Å². The molecule has 8 heteroatoms. The number of halogens is 1.